The molecule has 7 heteroatoms. The van der Waals surface area contributed by atoms with E-state index in [1.54, 1.807) is 30.9 Å². The van der Waals surface area contributed by atoms with Crippen LogP contribution in [0, 0.1) is 11.8 Å². The maximum absolute atomic E-state index is 12.5. The van der Waals surface area contributed by atoms with E-state index in [0.717, 1.165) is 12.1 Å². The molecule has 3 atom stereocenters. The second kappa shape index (κ2) is 6.30. The molecule has 2 N–H and O–H groups in total. The Morgan fingerprint density at radius 1 is 1.25 bits per heavy atom. The van der Waals surface area contributed by atoms with Gasteiger partial charge in [0.25, 0.3) is 5.56 Å². The first-order valence-electron chi connectivity index (χ1n) is 8.34. The van der Waals surface area contributed by atoms with E-state index in [-0.39, 0.29) is 29.3 Å². The summed E-state index contributed by atoms with van der Waals surface area (Å²) in [4.78, 5) is 37.5. The number of amides is 2. The maximum Gasteiger partial charge on any atom is 0.326 e. The zero-order valence-electron chi connectivity index (χ0n) is 13.9. The van der Waals surface area contributed by atoms with Gasteiger partial charge in [-0.05, 0) is 24.3 Å². The fourth-order valence-corrected chi connectivity index (χ4v) is 3.80. The lowest BCUT2D eigenvalue weighted by molar-refractivity contribution is -0.140. The molecule has 3 heterocycles. The van der Waals surface area contributed by atoms with E-state index in [4.69, 9.17) is 0 Å². The molecular formula is C17H23N3O4. The number of carbonyl (C=O) groups excluding carboxylic acids is 1. The fraction of sp³-hybridized carbons (Fsp3) is 0.588. The van der Waals surface area contributed by atoms with E-state index in [2.05, 4.69) is 5.32 Å². The Morgan fingerprint density at radius 2 is 2.00 bits per heavy atom. The van der Waals surface area contributed by atoms with Gasteiger partial charge in [0.1, 0.15) is 6.04 Å². The Balaban J connectivity index is 1.76. The number of urea groups is 1. The molecule has 24 heavy (non-hydrogen) atoms. The van der Waals surface area contributed by atoms with Crippen LogP contribution in [0.15, 0.2) is 23.0 Å². The van der Waals surface area contributed by atoms with Crippen molar-refractivity contribution >= 4 is 12.0 Å². The number of aromatic nitrogens is 1. The molecule has 1 fully saturated rings. The Morgan fingerprint density at radius 3 is 2.67 bits per heavy atom. The lowest BCUT2D eigenvalue weighted by Gasteiger charge is -2.43. The van der Waals surface area contributed by atoms with Crippen molar-refractivity contribution in [3.63, 3.8) is 0 Å². The minimum atomic E-state index is -1.02. The second-order valence-corrected chi connectivity index (χ2v) is 7.11. The van der Waals surface area contributed by atoms with Gasteiger partial charge in [-0.25, -0.2) is 9.59 Å². The van der Waals surface area contributed by atoms with Gasteiger partial charge in [0.15, 0.2) is 0 Å². The topological polar surface area (TPSA) is 91.6 Å². The molecule has 2 bridgehead atoms. The number of pyridine rings is 1. The fourth-order valence-electron chi connectivity index (χ4n) is 3.80. The summed E-state index contributed by atoms with van der Waals surface area (Å²) in [7, 11) is 0. The minimum absolute atomic E-state index is 0.00542. The van der Waals surface area contributed by atoms with Crippen LogP contribution in [-0.2, 0) is 11.3 Å². The van der Waals surface area contributed by atoms with Crippen LogP contribution in [0.2, 0.25) is 0 Å². The third-order valence-corrected chi connectivity index (χ3v) is 4.98. The van der Waals surface area contributed by atoms with Crippen LogP contribution >= 0.6 is 0 Å². The van der Waals surface area contributed by atoms with Crippen LogP contribution in [0.25, 0.3) is 0 Å². The first kappa shape index (κ1) is 16.5. The van der Waals surface area contributed by atoms with E-state index in [1.165, 1.54) is 0 Å². The van der Waals surface area contributed by atoms with Crippen LogP contribution in [0.5, 0.6) is 0 Å². The van der Waals surface area contributed by atoms with Gasteiger partial charge in [0.05, 0.1) is 0 Å². The van der Waals surface area contributed by atoms with Crippen LogP contribution in [0.1, 0.15) is 31.9 Å². The number of aliphatic carboxylic acids is 1. The van der Waals surface area contributed by atoms with Crippen LogP contribution in [-0.4, -0.2) is 45.7 Å². The maximum atomic E-state index is 12.5. The number of rotatable bonds is 3. The summed E-state index contributed by atoms with van der Waals surface area (Å²) in [5.41, 5.74) is 0.973. The van der Waals surface area contributed by atoms with Gasteiger partial charge in [0.2, 0.25) is 0 Å². The van der Waals surface area contributed by atoms with Crippen LogP contribution < -0.4 is 10.9 Å². The summed E-state index contributed by atoms with van der Waals surface area (Å²) >= 11 is 0. The Hall–Kier alpha value is -2.31. The van der Waals surface area contributed by atoms with Crippen molar-refractivity contribution in [3.05, 3.63) is 34.2 Å². The highest BCUT2D eigenvalue weighted by atomic mass is 16.4. The molecule has 2 amide bonds. The van der Waals surface area contributed by atoms with Crippen molar-refractivity contribution in [3.8, 4) is 0 Å². The zero-order valence-corrected chi connectivity index (χ0v) is 13.9. The largest absolute Gasteiger partial charge is 0.480 e. The lowest BCUT2D eigenvalue weighted by atomic mass is 9.83. The molecule has 3 rings (SSSR count). The number of hydrogen-bond donors (Lipinski definition) is 2. The number of carbonyl (C=O) groups is 2. The van der Waals surface area contributed by atoms with Gasteiger partial charge < -0.3 is 19.9 Å². The van der Waals surface area contributed by atoms with Crippen LogP contribution in [0.3, 0.4) is 0 Å². The monoisotopic (exact) mass is 333 g/mol. The molecule has 0 unspecified atom stereocenters. The molecule has 2 aliphatic rings. The molecule has 0 spiro atoms. The highest BCUT2D eigenvalue weighted by Crippen LogP contribution is 2.34. The molecule has 130 valence electrons. The van der Waals surface area contributed by atoms with Crippen molar-refractivity contribution in [1.82, 2.24) is 14.8 Å². The Kier molecular flexibility index (Phi) is 4.34. The molecular weight excluding hydrogens is 310 g/mol. The van der Waals surface area contributed by atoms with Crippen molar-refractivity contribution < 1.29 is 14.7 Å². The smallest absolute Gasteiger partial charge is 0.326 e. The van der Waals surface area contributed by atoms with E-state index in [9.17, 15) is 19.5 Å². The highest BCUT2D eigenvalue weighted by Gasteiger charge is 2.37. The predicted molar refractivity (Wildman–Crippen MR) is 87.9 cm³/mol. The van der Waals surface area contributed by atoms with E-state index in [0.29, 0.717) is 19.6 Å². The Labute approximate surface area is 140 Å². The zero-order chi connectivity index (χ0) is 17.4. The second-order valence-electron chi connectivity index (χ2n) is 7.11. The minimum Gasteiger partial charge on any atom is -0.480 e. The van der Waals surface area contributed by atoms with Gasteiger partial charge in [-0.15, -0.1) is 0 Å². The van der Waals surface area contributed by atoms with Gasteiger partial charge in [-0.3, -0.25) is 4.79 Å². The number of fused-ring (bicyclic) bond motifs is 4. The summed E-state index contributed by atoms with van der Waals surface area (Å²) in [5.74, 6) is -0.855. The molecule has 0 saturated carbocycles. The number of carboxylic acid groups (broad SMARTS) is 1. The van der Waals surface area contributed by atoms with Crippen molar-refractivity contribution in [2.45, 2.75) is 38.8 Å². The standard InChI is InChI=1S/C17H23N3O4/c1-10(2)15(16(22)23)18-17(24)19-7-11-6-12(9-19)13-4-3-5-14(21)20(13)8-11/h3-5,10-12,15H,6-9H2,1-2H3,(H,18,24)(H,22,23)/t11-,12+,15+/m1/s1. The average Bonchev–Trinajstić information content (AvgIpc) is 2.52. The van der Waals surface area contributed by atoms with Crippen molar-refractivity contribution in [2.24, 2.45) is 11.8 Å². The number of hydrogen-bond acceptors (Lipinski definition) is 3. The number of likely N-dealkylation sites (tertiary alicyclic amines) is 1. The summed E-state index contributed by atoms with van der Waals surface area (Å²) in [5, 5.41) is 11.9. The molecule has 1 aromatic rings. The van der Waals surface area contributed by atoms with Gasteiger partial charge in [-0.1, -0.05) is 19.9 Å². The number of nitrogens with one attached hydrogen (secondary N) is 1. The predicted octanol–water partition coefficient (Wildman–Crippen LogP) is 1.09. The summed E-state index contributed by atoms with van der Waals surface area (Å²) in [6.45, 7) is 5.21. The molecule has 1 saturated heterocycles. The molecule has 2 aliphatic heterocycles. The highest BCUT2D eigenvalue weighted by molar-refractivity contribution is 5.82. The SMILES string of the molecule is CC(C)[C@H](NC(=O)N1C[C@H]2C[C@@H](C1)c1cccc(=O)n1C2)C(=O)O. The average molecular weight is 333 g/mol. The molecule has 0 aliphatic carbocycles. The summed E-state index contributed by atoms with van der Waals surface area (Å²) in [6, 6.07) is 4.03. The van der Waals surface area contributed by atoms with E-state index < -0.39 is 12.0 Å². The third-order valence-electron chi connectivity index (χ3n) is 4.98. The van der Waals surface area contributed by atoms with Crippen molar-refractivity contribution in [2.75, 3.05) is 13.1 Å². The number of nitrogens with zero attached hydrogens (tertiary/aromatic N) is 2. The van der Waals surface area contributed by atoms with E-state index in [1.807, 2.05) is 10.6 Å². The summed E-state index contributed by atoms with van der Waals surface area (Å²) < 4.78 is 1.81. The number of carboxylic acids is 1. The van der Waals surface area contributed by atoms with Crippen molar-refractivity contribution in [1.29, 1.82) is 0 Å². The molecule has 1 aromatic heterocycles. The normalized spacial score (nSPS) is 23.5. The van der Waals surface area contributed by atoms with E-state index >= 15 is 0 Å². The quantitative estimate of drug-likeness (QED) is 0.866. The Bertz CT molecular complexity index is 712. The summed E-state index contributed by atoms with van der Waals surface area (Å²) in [6.07, 6.45) is 0.958. The first-order chi connectivity index (χ1) is 11.4. The molecule has 7 nitrogen and oxygen atoms in total. The van der Waals surface area contributed by atoms with Gasteiger partial charge in [0, 0.05) is 37.3 Å². The molecule has 0 radical (unpaired) electrons. The first-order valence-corrected chi connectivity index (χ1v) is 8.34. The molecule has 0 aromatic carbocycles. The third kappa shape index (κ3) is 3.02. The number of piperidine rings is 1. The lowest BCUT2D eigenvalue weighted by Crippen LogP contribution is -2.55. The van der Waals surface area contributed by atoms with Gasteiger partial charge in [-0.2, -0.15) is 0 Å². The van der Waals surface area contributed by atoms with Crippen LogP contribution in [0.4, 0.5) is 4.79 Å². The van der Waals surface area contributed by atoms with Gasteiger partial charge >= 0.3 is 12.0 Å².